The predicted molar refractivity (Wildman–Crippen MR) is 200 cm³/mol. The summed E-state index contributed by atoms with van der Waals surface area (Å²) in [5, 5.41) is 44.1. The molecule has 0 bridgehead atoms. The number of hydrogen-bond donors (Lipinski definition) is 4. The summed E-state index contributed by atoms with van der Waals surface area (Å²) in [6.07, 6.45) is 18.7. The van der Waals surface area contributed by atoms with E-state index in [-0.39, 0.29) is 146 Å². The van der Waals surface area contributed by atoms with Crippen molar-refractivity contribution in [2.75, 3.05) is 6.54 Å². The Morgan fingerprint density at radius 3 is 1.14 bits per heavy atom. The summed E-state index contributed by atoms with van der Waals surface area (Å²) in [6, 6.07) is -3.79. The molecule has 0 aromatic heterocycles. The minimum absolute atomic E-state index is 0. The first-order valence-corrected chi connectivity index (χ1v) is 20.7. The standard InChI is InChI=1S/C40H72N4O10.3Na/c1-3-5-7-9-11-13-15-17-19-24-34(45)42-31(26-28-36(47)48)38(51)41-30-22-21-23-33(40(53)54)44-39(52)32(27-29-37(49)50)43-35(46)25-20-18-16-14-12-10-8-6-4-2;;;/h31-33H,3-30H2,1-2H3,(H,41,51)(H,42,45)(H,43,46)(H,44,52)(H,47,48)(H,49,50)(H,53,54);;;/q;3*+1/p-3. The summed E-state index contributed by atoms with van der Waals surface area (Å²) in [5.74, 6) is -6.54. The zero-order valence-electron chi connectivity index (χ0n) is 36.1. The van der Waals surface area contributed by atoms with Crippen LogP contribution in [0.3, 0.4) is 0 Å². The van der Waals surface area contributed by atoms with Crippen LogP contribution in [0.2, 0.25) is 0 Å². The summed E-state index contributed by atoms with van der Waals surface area (Å²) in [7, 11) is 0. The van der Waals surface area contributed by atoms with Crippen LogP contribution in [0, 0.1) is 0 Å². The van der Waals surface area contributed by atoms with E-state index in [0.717, 1.165) is 44.9 Å². The van der Waals surface area contributed by atoms with E-state index in [0.29, 0.717) is 12.8 Å². The van der Waals surface area contributed by atoms with Crippen molar-refractivity contribution in [1.29, 1.82) is 0 Å². The third-order valence-electron chi connectivity index (χ3n) is 9.41. The number of rotatable bonds is 37. The van der Waals surface area contributed by atoms with Crippen LogP contribution in [0.25, 0.3) is 0 Å². The van der Waals surface area contributed by atoms with Gasteiger partial charge in [0.15, 0.2) is 0 Å². The van der Waals surface area contributed by atoms with E-state index in [9.17, 15) is 48.9 Å². The van der Waals surface area contributed by atoms with Gasteiger partial charge in [0.1, 0.15) is 12.1 Å². The maximum atomic E-state index is 13.0. The van der Waals surface area contributed by atoms with Crippen molar-refractivity contribution in [3.63, 3.8) is 0 Å². The van der Waals surface area contributed by atoms with Gasteiger partial charge in [-0.15, -0.1) is 0 Å². The summed E-state index contributed by atoms with van der Waals surface area (Å²) in [6.45, 7) is 4.43. The van der Waals surface area contributed by atoms with Crippen LogP contribution in [-0.4, -0.2) is 66.2 Å². The Bertz CT molecular complexity index is 1100. The van der Waals surface area contributed by atoms with E-state index in [2.05, 4.69) is 35.1 Å². The fraction of sp³-hybridized carbons (Fsp3) is 0.825. The number of hydrogen-bond acceptors (Lipinski definition) is 10. The van der Waals surface area contributed by atoms with Gasteiger partial charge in [-0.2, -0.15) is 0 Å². The van der Waals surface area contributed by atoms with Crippen molar-refractivity contribution >= 4 is 41.5 Å². The number of aliphatic carboxylic acids is 3. The average Bonchev–Trinajstić information content (AvgIpc) is 3.12. The normalized spacial score (nSPS) is 12.0. The smallest absolute Gasteiger partial charge is 0.550 e. The van der Waals surface area contributed by atoms with Gasteiger partial charge < -0.3 is 51.0 Å². The first kappa shape index (κ1) is 62.9. The van der Waals surface area contributed by atoms with Gasteiger partial charge in [-0.3, -0.25) is 19.2 Å². The van der Waals surface area contributed by atoms with Crippen LogP contribution in [0.4, 0.5) is 0 Å². The Kier molecular flexibility index (Phi) is 47.9. The third kappa shape index (κ3) is 39.2. The van der Waals surface area contributed by atoms with E-state index in [1.165, 1.54) is 57.8 Å². The van der Waals surface area contributed by atoms with E-state index in [4.69, 9.17) is 0 Å². The zero-order valence-corrected chi connectivity index (χ0v) is 42.1. The van der Waals surface area contributed by atoms with Crippen molar-refractivity contribution in [3.8, 4) is 0 Å². The molecule has 0 radical (unpaired) electrons. The molecule has 17 heteroatoms. The number of carbonyl (C=O) groups excluding carboxylic acids is 7. The SMILES string of the molecule is CCCCCCCCCCCC(=O)NC(CCC(=O)[O-])C(=O)NCCCCC(NC(=O)C(CCC(=O)[O-])NC(=O)CCCCCCCCCCC)C(=O)[O-].[Na+].[Na+].[Na+]. The molecule has 0 aliphatic rings. The van der Waals surface area contributed by atoms with Gasteiger partial charge in [-0.25, -0.2) is 0 Å². The quantitative estimate of drug-likeness (QED) is 0.0341. The topological polar surface area (TPSA) is 237 Å². The maximum Gasteiger partial charge on any atom is 1.00 e. The van der Waals surface area contributed by atoms with Crippen LogP contribution < -0.4 is 125 Å². The van der Waals surface area contributed by atoms with Gasteiger partial charge in [-0.1, -0.05) is 117 Å². The number of carbonyl (C=O) groups is 7. The molecule has 14 nitrogen and oxygen atoms in total. The number of carboxylic acids is 3. The second kappa shape index (κ2) is 43.4. The molecule has 3 unspecified atom stereocenters. The summed E-state index contributed by atoms with van der Waals surface area (Å²) in [4.78, 5) is 84.8. The van der Waals surface area contributed by atoms with Crippen LogP contribution in [-0.2, 0) is 33.6 Å². The number of nitrogens with one attached hydrogen (secondary N) is 4. The maximum absolute atomic E-state index is 13.0. The van der Waals surface area contributed by atoms with E-state index >= 15 is 0 Å². The van der Waals surface area contributed by atoms with Gasteiger partial charge in [0.2, 0.25) is 23.6 Å². The Morgan fingerprint density at radius 1 is 0.404 bits per heavy atom. The minimum atomic E-state index is -1.57. The second-order valence-electron chi connectivity index (χ2n) is 14.4. The van der Waals surface area contributed by atoms with Crippen molar-refractivity contribution in [1.82, 2.24) is 21.3 Å². The molecule has 0 aromatic rings. The van der Waals surface area contributed by atoms with Gasteiger partial charge in [0, 0.05) is 31.3 Å². The molecule has 0 fully saturated rings. The van der Waals surface area contributed by atoms with Gasteiger partial charge >= 0.3 is 88.7 Å². The van der Waals surface area contributed by atoms with Gasteiger partial charge in [0.25, 0.3) is 0 Å². The zero-order chi connectivity index (χ0) is 40.4. The molecule has 57 heavy (non-hydrogen) atoms. The molecule has 0 aliphatic carbocycles. The summed E-state index contributed by atoms with van der Waals surface area (Å²) < 4.78 is 0. The van der Waals surface area contributed by atoms with Crippen LogP contribution in [0.5, 0.6) is 0 Å². The van der Waals surface area contributed by atoms with Gasteiger partial charge in [0.05, 0.1) is 12.0 Å². The van der Waals surface area contributed by atoms with E-state index < -0.39 is 66.6 Å². The van der Waals surface area contributed by atoms with Crippen molar-refractivity contribution in [2.24, 2.45) is 0 Å². The fourth-order valence-electron chi connectivity index (χ4n) is 6.12. The molecule has 4 N–H and O–H groups in total. The van der Waals surface area contributed by atoms with Crippen LogP contribution in [0.1, 0.15) is 187 Å². The number of unbranched alkanes of at least 4 members (excludes halogenated alkanes) is 17. The average molecular weight is 835 g/mol. The Morgan fingerprint density at radius 2 is 0.772 bits per heavy atom. The molecule has 4 amide bonds. The molecule has 3 atom stereocenters. The minimum Gasteiger partial charge on any atom is -0.550 e. The molecule has 0 rings (SSSR count). The molecule has 0 saturated carbocycles. The largest absolute Gasteiger partial charge is 1.00 e. The fourth-order valence-corrected chi connectivity index (χ4v) is 6.12. The molecule has 0 aromatic carbocycles. The molecule has 0 heterocycles. The van der Waals surface area contributed by atoms with Gasteiger partial charge in [-0.05, 0) is 57.8 Å². The van der Waals surface area contributed by atoms with Crippen LogP contribution >= 0.6 is 0 Å². The Balaban J connectivity index is -0.00000468. The van der Waals surface area contributed by atoms with Crippen molar-refractivity contribution in [2.45, 2.75) is 205 Å². The number of amides is 4. The first-order valence-electron chi connectivity index (χ1n) is 20.7. The van der Waals surface area contributed by atoms with Crippen LogP contribution in [0.15, 0.2) is 0 Å². The molecule has 0 saturated heterocycles. The summed E-state index contributed by atoms with van der Waals surface area (Å²) in [5.41, 5.74) is 0. The Hall–Kier alpha value is -0.710. The third-order valence-corrected chi connectivity index (χ3v) is 9.41. The Labute approximate surface area is 408 Å². The monoisotopic (exact) mass is 834 g/mol. The van der Waals surface area contributed by atoms with E-state index in [1.807, 2.05) is 0 Å². The molecular formula is C40H69N4Na3O10. The molecule has 312 valence electrons. The molecule has 0 spiro atoms. The summed E-state index contributed by atoms with van der Waals surface area (Å²) >= 11 is 0. The van der Waals surface area contributed by atoms with Crippen molar-refractivity contribution in [3.05, 3.63) is 0 Å². The predicted octanol–water partition coefficient (Wildman–Crippen LogP) is -6.61. The molecular weight excluding hydrogens is 765 g/mol. The first-order chi connectivity index (χ1) is 25.9. The second-order valence-corrected chi connectivity index (χ2v) is 14.4. The van der Waals surface area contributed by atoms with E-state index in [1.54, 1.807) is 0 Å². The number of carboxylic acid groups (broad SMARTS) is 3. The molecule has 0 aliphatic heterocycles. The van der Waals surface area contributed by atoms with Crippen molar-refractivity contribution < 1.29 is 138 Å².